The topological polar surface area (TPSA) is 57.7 Å². The number of esters is 1. The molecule has 138 valence electrons. The Hall–Kier alpha value is -2.82. The Bertz CT molecular complexity index is 755. The molecule has 0 amide bonds. The van der Waals surface area contributed by atoms with Crippen LogP contribution in [0, 0.1) is 6.92 Å². The third-order valence-electron chi connectivity index (χ3n) is 3.67. The summed E-state index contributed by atoms with van der Waals surface area (Å²) in [6, 6.07) is 11.4. The summed E-state index contributed by atoms with van der Waals surface area (Å²) in [5.41, 5.74) is 2.85. The lowest BCUT2D eigenvalue weighted by molar-refractivity contribution is -0.137. The highest BCUT2D eigenvalue weighted by Crippen LogP contribution is 2.28. The first kappa shape index (κ1) is 19.5. The average molecular weight is 355 g/mol. The molecule has 2 rings (SSSR count). The van der Waals surface area contributed by atoms with E-state index in [1.165, 1.54) is 6.08 Å². The Morgan fingerprint density at radius 2 is 2.04 bits per heavy atom. The maximum Gasteiger partial charge on any atom is 0.330 e. The van der Waals surface area contributed by atoms with Gasteiger partial charge in [-0.15, -0.1) is 0 Å². The lowest BCUT2D eigenvalue weighted by atomic mass is 10.2. The van der Waals surface area contributed by atoms with E-state index in [2.05, 4.69) is 4.98 Å². The summed E-state index contributed by atoms with van der Waals surface area (Å²) in [5, 5.41) is 0. The molecule has 0 saturated heterocycles. The molecular weight excluding hydrogens is 330 g/mol. The van der Waals surface area contributed by atoms with Crippen molar-refractivity contribution in [2.45, 2.75) is 26.7 Å². The second-order valence-electron chi connectivity index (χ2n) is 5.72. The number of ether oxygens (including phenoxy) is 3. The first-order chi connectivity index (χ1) is 12.6. The van der Waals surface area contributed by atoms with E-state index in [1.54, 1.807) is 13.2 Å². The smallest absolute Gasteiger partial charge is 0.330 e. The molecule has 0 saturated carbocycles. The Kier molecular flexibility index (Phi) is 7.68. The minimum atomic E-state index is -0.365. The standard InChI is InChI=1S/C21H25NO4/c1-4-25-20-15-17(10-12-19(20)24-3)11-13-21(23)26-14-6-9-18-8-5-7-16(2)22-18/h5,7-8,10-13,15H,4,6,9,14H2,1-3H3/b13-11+. The fourth-order valence-electron chi connectivity index (χ4n) is 2.44. The normalized spacial score (nSPS) is 10.7. The minimum Gasteiger partial charge on any atom is -0.493 e. The zero-order chi connectivity index (χ0) is 18.8. The van der Waals surface area contributed by atoms with Crippen molar-refractivity contribution < 1.29 is 19.0 Å². The van der Waals surface area contributed by atoms with Crippen LogP contribution in [0.4, 0.5) is 0 Å². The number of nitrogens with zero attached hydrogens (tertiary/aromatic N) is 1. The molecule has 0 bridgehead atoms. The van der Waals surface area contributed by atoms with Crippen LogP contribution in [-0.4, -0.2) is 31.3 Å². The van der Waals surface area contributed by atoms with Gasteiger partial charge in [0.1, 0.15) is 0 Å². The van der Waals surface area contributed by atoms with Crippen molar-refractivity contribution in [1.82, 2.24) is 4.98 Å². The number of methoxy groups -OCH3 is 1. The van der Waals surface area contributed by atoms with Crippen LogP contribution in [0.25, 0.3) is 6.08 Å². The molecule has 1 aromatic carbocycles. The van der Waals surface area contributed by atoms with Crippen LogP contribution in [0.1, 0.15) is 30.3 Å². The molecular formula is C21H25NO4. The minimum absolute atomic E-state index is 0.365. The molecule has 0 aliphatic carbocycles. The quantitative estimate of drug-likeness (QED) is 0.387. The van der Waals surface area contributed by atoms with Gasteiger partial charge in [-0.1, -0.05) is 12.1 Å². The number of pyridine rings is 1. The van der Waals surface area contributed by atoms with Gasteiger partial charge in [0, 0.05) is 17.5 Å². The molecule has 0 aliphatic heterocycles. The van der Waals surface area contributed by atoms with Crippen LogP contribution >= 0.6 is 0 Å². The van der Waals surface area contributed by atoms with Crippen LogP contribution in [-0.2, 0) is 16.0 Å². The highest BCUT2D eigenvalue weighted by molar-refractivity contribution is 5.87. The Morgan fingerprint density at radius 3 is 2.77 bits per heavy atom. The number of carbonyl (C=O) groups excluding carboxylic acids is 1. The zero-order valence-electron chi connectivity index (χ0n) is 15.5. The fraction of sp³-hybridized carbons (Fsp3) is 0.333. The van der Waals surface area contributed by atoms with Crippen molar-refractivity contribution in [2.24, 2.45) is 0 Å². The largest absolute Gasteiger partial charge is 0.493 e. The SMILES string of the molecule is CCOc1cc(/C=C/C(=O)OCCCc2cccc(C)n2)ccc1OC. The number of benzene rings is 1. The predicted molar refractivity (Wildman–Crippen MR) is 101 cm³/mol. The van der Waals surface area contributed by atoms with Gasteiger partial charge in [0.25, 0.3) is 0 Å². The van der Waals surface area contributed by atoms with Gasteiger partial charge in [-0.25, -0.2) is 4.79 Å². The summed E-state index contributed by atoms with van der Waals surface area (Å²) < 4.78 is 16.0. The molecule has 0 spiro atoms. The van der Waals surface area contributed by atoms with Crippen molar-refractivity contribution in [3.63, 3.8) is 0 Å². The number of aryl methyl sites for hydroxylation is 2. The molecule has 2 aromatic rings. The van der Waals surface area contributed by atoms with Crippen molar-refractivity contribution >= 4 is 12.0 Å². The Morgan fingerprint density at radius 1 is 1.19 bits per heavy atom. The van der Waals surface area contributed by atoms with Gasteiger partial charge in [0.2, 0.25) is 0 Å². The Balaban J connectivity index is 1.80. The lowest BCUT2D eigenvalue weighted by Crippen LogP contribution is -2.04. The average Bonchev–Trinajstić information content (AvgIpc) is 2.64. The van der Waals surface area contributed by atoms with Crippen molar-refractivity contribution in [2.75, 3.05) is 20.3 Å². The summed E-state index contributed by atoms with van der Waals surface area (Å²) in [7, 11) is 1.59. The van der Waals surface area contributed by atoms with Gasteiger partial charge >= 0.3 is 5.97 Å². The van der Waals surface area contributed by atoms with Gasteiger partial charge < -0.3 is 14.2 Å². The molecule has 0 N–H and O–H groups in total. The third kappa shape index (κ3) is 6.24. The number of hydrogen-bond acceptors (Lipinski definition) is 5. The van der Waals surface area contributed by atoms with Gasteiger partial charge in [-0.05, 0) is 62.6 Å². The van der Waals surface area contributed by atoms with Crippen LogP contribution in [0.3, 0.4) is 0 Å². The van der Waals surface area contributed by atoms with E-state index in [0.717, 1.165) is 29.8 Å². The zero-order valence-corrected chi connectivity index (χ0v) is 15.5. The summed E-state index contributed by atoms with van der Waals surface area (Å²) in [6.45, 7) is 4.78. The molecule has 1 aromatic heterocycles. The predicted octanol–water partition coefficient (Wildman–Crippen LogP) is 3.99. The highest BCUT2D eigenvalue weighted by atomic mass is 16.5. The van der Waals surface area contributed by atoms with Gasteiger partial charge in [0.05, 0.1) is 20.3 Å². The van der Waals surface area contributed by atoms with E-state index < -0.39 is 0 Å². The molecule has 0 radical (unpaired) electrons. The maximum absolute atomic E-state index is 11.8. The van der Waals surface area contributed by atoms with E-state index in [0.29, 0.717) is 24.7 Å². The van der Waals surface area contributed by atoms with Crippen LogP contribution in [0.2, 0.25) is 0 Å². The van der Waals surface area contributed by atoms with Gasteiger partial charge in [0.15, 0.2) is 11.5 Å². The van der Waals surface area contributed by atoms with E-state index in [-0.39, 0.29) is 5.97 Å². The number of aromatic nitrogens is 1. The van der Waals surface area contributed by atoms with Gasteiger partial charge in [-0.2, -0.15) is 0 Å². The van der Waals surface area contributed by atoms with E-state index in [9.17, 15) is 4.79 Å². The van der Waals surface area contributed by atoms with Crippen molar-refractivity contribution in [3.05, 3.63) is 59.4 Å². The van der Waals surface area contributed by atoms with E-state index >= 15 is 0 Å². The van der Waals surface area contributed by atoms with Crippen molar-refractivity contribution in [3.8, 4) is 11.5 Å². The van der Waals surface area contributed by atoms with Crippen LogP contribution in [0.15, 0.2) is 42.5 Å². The highest BCUT2D eigenvalue weighted by Gasteiger charge is 2.04. The molecule has 0 fully saturated rings. The van der Waals surface area contributed by atoms with Crippen molar-refractivity contribution in [1.29, 1.82) is 0 Å². The summed E-state index contributed by atoms with van der Waals surface area (Å²) >= 11 is 0. The fourth-order valence-corrected chi connectivity index (χ4v) is 2.44. The third-order valence-corrected chi connectivity index (χ3v) is 3.67. The van der Waals surface area contributed by atoms with Gasteiger partial charge in [-0.3, -0.25) is 4.98 Å². The Labute approximate surface area is 154 Å². The molecule has 1 heterocycles. The molecule has 0 unspecified atom stereocenters. The van der Waals surface area contributed by atoms with E-state index in [4.69, 9.17) is 14.2 Å². The molecule has 0 atom stereocenters. The first-order valence-electron chi connectivity index (χ1n) is 8.70. The summed E-state index contributed by atoms with van der Waals surface area (Å²) in [4.78, 5) is 16.3. The second-order valence-corrected chi connectivity index (χ2v) is 5.72. The molecule has 5 heteroatoms. The summed E-state index contributed by atoms with van der Waals surface area (Å²) in [6.07, 6.45) is 4.65. The molecule has 5 nitrogen and oxygen atoms in total. The number of rotatable bonds is 9. The monoisotopic (exact) mass is 355 g/mol. The maximum atomic E-state index is 11.8. The number of hydrogen-bond donors (Lipinski definition) is 0. The second kappa shape index (κ2) is 10.2. The summed E-state index contributed by atoms with van der Waals surface area (Å²) in [5.74, 6) is 0.948. The van der Waals surface area contributed by atoms with Crippen LogP contribution < -0.4 is 9.47 Å². The lowest BCUT2D eigenvalue weighted by Gasteiger charge is -2.09. The van der Waals surface area contributed by atoms with Crippen LogP contribution in [0.5, 0.6) is 11.5 Å². The number of carbonyl (C=O) groups is 1. The van der Waals surface area contributed by atoms with E-state index in [1.807, 2.05) is 50.2 Å². The first-order valence-corrected chi connectivity index (χ1v) is 8.70. The molecule has 0 aliphatic rings. The molecule has 26 heavy (non-hydrogen) atoms.